The molecule has 6 heteroatoms. The molecule has 2 unspecified atom stereocenters. The number of hydrogen-bond acceptors (Lipinski definition) is 5. The van der Waals surface area contributed by atoms with Crippen LogP contribution in [0.1, 0.15) is 41.9 Å². The first-order valence-corrected chi connectivity index (χ1v) is 6.24. The number of nitrogens with zero attached hydrogens (tertiary/aromatic N) is 1. The van der Waals surface area contributed by atoms with Gasteiger partial charge in [-0.2, -0.15) is 0 Å². The minimum atomic E-state index is -1.09. The van der Waals surface area contributed by atoms with Gasteiger partial charge in [-0.1, -0.05) is 18.0 Å². The minimum absolute atomic E-state index is 0.0792. The molecule has 1 aromatic rings. The molecule has 0 aliphatic heterocycles. The Morgan fingerprint density at radius 1 is 1.50 bits per heavy atom. The molecule has 6 nitrogen and oxygen atoms in total. The highest BCUT2D eigenvalue weighted by Gasteiger charge is 2.22. The van der Waals surface area contributed by atoms with Crippen LogP contribution in [-0.2, 0) is 6.54 Å². The lowest BCUT2D eigenvalue weighted by Crippen LogP contribution is -2.33. The summed E-state index contributed by atoms with van der Waals surface area (Å²) in [6, 6.07) is 1.41. The Hall–Kier alpha value is -1.40. The predicted octanol–water partition coefficient (Wildman–Crippen LogP) is 1.01. The average Bonchev–Trinajstić information content (AvgIpc) is 2.80. The van der Waals surface area contributed by atoms with Gasteiger partial charge in [-0.3, -0.25) is 0 Å². The molecule has 0 saturated heterocycles. The van der Waals surface area contributed by atoms with E-state index in [2.05, 4.69) is 10.5 Å². The van der Waals surface area contributed by atoms with Crippen molar-refractivity contribution in [1.82, 2.24) is 10.5 Å². The average molecular weight is 254 g/mol. The summed E-state index contributed by atoms with van der Waals surface area (Å²) in [4.78, 5) is 10.6. The Bertz CT molecular complexity index is 405. The quantitative estimate of drug-likeness (QED) is 0.726. The lowest BCUT2D eigenvalue weighted by Gasteiger charge is -2.27. The Morgan fingerprint density at radius 3 is 2.94 bits per heavy atom. The topological polar surface area (TPSA) is 95.6 Å². The molecule has 1 aromatic heterocycles. The molecule has 0 amide bonds. The first-order chi connectivity index (χ1) is 8.66. The number of hydrogen-bond donors (Lipinski definition) is 3. The summed E-state index contributed by atoms with van der Waals surface area (Å²) in [5.74, 6) is -0.314. The van der Waals surface area contributed by atoms with Crippen LogP contribution in [0.25, 0.3) is 0 Å². The fourth-order valence-electron chi connectivity index (χ4n) is 2.30. The number of aromatic nitrogens is 1. The van der Waals surface area contributed by atoms with Crippen molar-refractivity contribution in [2.24, 2.45) is 5.92 Å². The van der Waals surface area contributed by atoms with E-state index in [4.69, 9.17) is 9.63 Å². The monoisotopic (exact) mass is 254 g/mol. The van der Waals surface area contributed by atoms with Crippen LogP contribution >= 0.6 is 0 Å². The highest BCUT2D eigenvalue weighted by molar-refractivity contribution is 5.85. The summed E-state index contributed by atoms with van der Waals surface area (Å²) in [7, 11) is 0. The molecular weight excluding hydrogens is 236 g/mol. The molecule has 2 rings (SSSR count). The van der Waals surface area contributed by atoms with Crippen LogP contribution in [0, 0.1) is 5.92 Å². The predicted molar refractivity (Wildman–Crippen MR) is 63.1 cm³/mol. The molecule has 0 radical (unpaired) electrons. The van der Waals surface area contributed by atoms with Gasteiger partial charge in [-0.25, -0.2) is 4.79 Å². The van der Waals surface area contributed by atoms with Gasteiger partial charge in [0.25, 0.3) is 0 Å². The maximum absolute atomic E-state index is 10.6. The van der Waals surface area contributed by atoms with Crippen molar-refractivity contribution in [3.63, 3.8) is 0 Å². The van der Waals surface area contributed by atoms with Crippen molar-refractivity contribution >= 4 is 5.97 Å². The Kier molecular flexibility index (Phi) is 4.33. The second kappa shape index (κ2) is 5.97. The molecule has 100 valence electrons. The number of carbonyl (C=O) groups is 1. The molecule has 1 fully saturated rings. The van der Waals surface area contributed by atoms with Crippen molar-refractivity contribution in [2.75, 3.05) is 6.54 Å². The Balaban J connectivity index is 1.75. The summed E-state index contributed by atoms with van der Waals surface area (Å²) < 4.78 is 4.89. The third-order valence-corrected chi connectivity index (χ3v) is 3.35. The van der Waals surface area contributed by atoms with Gasteiger partial charge in [-0.05, 0) is 18.8 Å². The van der Waals surface area contributed by atoms with Gasteiger partial charge in [0.2, 0.25) is 0 Å². The van der Waals surface area contributed by atoms with E-state index >= 15 is 0 Å². The molecule has 1 heterocycles. The summed E-state index contributed by atoms with van der Waals surface area (Å²) in [5.41, 5.74) is -0.0792. The number of nitrogens with one attached hydrogen (secondary N) is 1. The zero-order valence-electron chi connectivity index (χ0n) is 10.1. The van der Waals surface area contributed by atoms with E-state index < -0.39 is 5.97 Å². The van der Waals surface area contributed by atoms with Crippen molar-refractivity contribution in [3.05, 3.63) is 17.5 Å². The van der Waals surface area contributed by atoms with Crippen LogP contribution in [-0.4, -0.2) is 34.0 Å². The summed E-state index contributed by atoms with van der Waals surface area (Å²) >= 11 is 0. The third-order valence-electron chi connectivity index (χ3n) is 3.35. The summed E-state index contributed by atoms with van der Waals surface area (Å²) in [5, 5.41) is 25.1. The fourth-order valence-corrected chi connectivity index (χ4v) is 2.30. The lowest BCUT2D eigenvalue weighted by atomic mass is 9.86. The standard InChI is InChI=1S/C12H18N2O4/c15-11-4-2-1-3-8(11)6-13-7-9-5-10(12(16)17)14-18-9/h5,8,11,13,15H,1-4,6-7H2,(H,16,17). The fraction of sp³-hybridized carbons (Fsp3) is 0.667. The third kappa shape index (κ3) is 3.30. The number of rotatable bonds is 5. The molecule has 0 aromatic carbocycles. The summed E-state index contributed by atoms with van der Waals surface area (Å²) in [6.45, 7) is 1.15. The second-order valence-corrected chi connectivity index (χ2v) is 4.73. The van der Waals surface area contributed by atoms with Crippen molar-refractivity contribution in [2.45, 2.75) is 38.3 Å². The smallest absolute Gasteiger partial charge is 0.358 e. The van der Waals surface area contributed by atoms with Crippen molar-refractivity contribution < 1.29 is 19.5 Å². The van der Waals surface area contributed by atoms with Gasteiger partial charge in [0.15, 0.2) is 11.5 Å². The van der Waals surface area contributed by atoms with Gasteiger partial charge >= 0.3 is 5.97 Å². The van der Waals surface area contributed by atoms with Crippen LogP contribution in [0.4, 0.5) is 0 Å². The zero-order chi connectivity index (χ0) is 13.0. The highest BCUT2D eigenvalue weighted by Crippen LogP contribution is 2.23. The molecule has 0 bridgehead atoms. The minimum Gasteiger partial charge on any atom is -0.476 e. The largest absolute Gasteiger partial charge is 0.476 e. The number of carboxylic acid groups (broad SMARTS) is 1. The van der Waals surface area contributed by atoms with E-state index in [0.29, 0.717) is 18.8 Å². The van der Waals surface area contributed by atoms with Crippen molar-refractivity contribution in [1.29, 1.82) is 0 Å². The van der Waals surface area contributed by atoms with Gasteiger partial charge in [0.1, 0.15) is 0 Å². The number of carboxylic acids is 1. The second-order valence-electron chi connectivity index (χ2n) is 4.73. The number of aliphatic hydroxyl groups is 1. The molecule has 0 spiro atoms. The molecule has 18 heavy (non-hydrogen) atoms. The van der Waals surface area contributed by atoms with E-state index in [9.17, 15) is 9.90 Å². The van der Waals surface area contributed by atoms with Gasteiger partial charge < -0.3 is 20.1 Å². The zero-order valence-corrected chi connectivity index (χ0v) is 10.1. The maximum atomic E-state index is 10.6. The van der Waals surface area contributed by atoms with Crippen LogP contribution < -0.4 is 5.32 Å². The molecule has 2 atom stereocenters. The molecular formula is C12H18N2O4. The van der Waals surface area contributed by atoms with Gasteiger partial charge in [-0.15, -0.1) is 0 Å². The van der Waals surface area contributed by atoms with E-state index in [1.165, 1.54) is 6.07 Å². The number of aliphatic hydroxyl groups excluding tert-OH is 1. The van der Waals surface area contributed by atoms with E-state index in [0.717, 1.165) is 25.7 Å². The lowest BCUT2D eigenvalue weighted by molar-refractivity contribution is 0.0680. The molecule has 3 N–H and O–H groups in total. The maximum Gasteiger partial charge on any atom is 0.358 e. The number of aromatic carboxylic acids is 1. The van der Waals surface area contributed by atoms with Crippen LogP contribution in [0.3, 0.4) is 0 Å². The Labute approximate surface area is 105 Å². The van der Waals surface area contributed by atoms with Crippen LogP contribution in [0.2, 0.25) is 0 Å². The summed E-state index contributed by atoms with van der Waals surface area (Å²) in [6.07, 6.45) is 3.94. The van der Waals surface area contributed by atoms with E-state index in [1.807, 2.05) is 0 Å². The molecule has 1 aliphatic carbocycles. The van der Waals surface area contributed by atoms with E-state index in [-0.39, 0.29) is 17.7 Å². The first kappa shape index (κ1) is 13.0. The SMILES string of the molecule is O=C(O)c1cc(CNCC2CCCCC2O)on1. The Morgan fingerprint density at radius 2 is 2.28 bits per heavy atom. The van der Waals surface area contributed by atoms with Crippen molar-refractivity contribution in [3.8, 4) is 0 Å². The normalized spacial score (nSPS) is 24.1. The van der Waals surface area contributed by atoms with Gasteiger partial charge in [0, 0.05) is 12.6 Å². The molecule has 1 aliphatic rings. The highest BCUT2D eigenvalue weighted by atomic mass is 16.5. The van der Waals surface area contributed by atoms with Gasteiger partial charge in [0.05, 0.1) is 12.6 Å². The van der Waals surface area contributed by atoms with Crippen LogP contribution in [0.5, 0.6) is 0 Å². The molecule has 1 saturated carbocycles. The van der Waals surface area contributed by atoms with E-state index in [1.54, 1.807) is 0 Å². The van der Waals surface area contributed by atoms with Crippen LogP contribution in [0.15, 0.2) is 10.6 Å². The first-order valence-electron chi connectivity index (χ1n) is 6.24.